The van der Waals surface area contributed by atoms with Crippen molar-refractivity contribution < 1.29 is 14.6 Å². The van der Waals surface area contributed by atoms with Crippen LogP contribution in [-0.4, -0.2) is 23.9 Å². The van der Waals surface area contributed by atoms with Crippen molar-refractivity contribution in [1.82, 2.24) is 0 Å². The molecule has 0 aliphatic carbocycles. The zero-order valence-electron chi connectivity index (χ0n) is 6.49. The predicted octanol–water partition coefficient (Wildman–Crippen LogP) is 0.265. The highest BCUT2D eigenvalue weighted by Crippen LogP contribution is 2.07. The minimum Gasteiger partial charge on any atom is -0.443 e. The number of ether oxygens (including phenoxy) is 1. The number of carbonyl (C=O) groups is 1. The van der Waals surface area contributed by atoms with Gasteiger partial charge in [0.25, 0.3) is 0 Å². The lowest BCUT2D eigenvalue weighted by Crippen LogP contribution is -2.30. The number of aliphatic hydroxyl groups excluding tert-OH is 1. The maximum absolute atomic E-state index is 10.2. The quantitative estimate of drug-likeness (QED) is 0.578. The van der Waals surface area contributed by atoms with Crippen LogP contribution in [0, 0.1) is 5.92 Å². The summed E-state index contributed by atoms with van der Waals surface area (Å²) in [6, 6.07) is 0. The molecular weight excluding hydrogens is 146 g/mol. The van der Waals surface area contributed by atoms with Gasteiger partial charge in [-0.1, -0.05) is 13.0 Å². The van der Waals surface area contributed by atoms with Crippen molar-refractivity contribution in [2.45, 2.75) is 13.0 Å². The molecule has 0 fully saturated rings. The molecule has 0 heterocycles. The first-order chi connectivity index (χ1) is 5.11. The Bertz CT molecular complexity index is 147. The maximum atomic E-state index is 10.2. The van der Waals surface area contributed by atoms with E-state index in [4.69, 9.17) is 10.8 Å². The standard InChI is InChI=1S/C7H13NO3/c1-3-5(2)6(4-9)11-7(8)10/h3,5-6,9H,1,4H2,2H3,(H2,8,10)/t5-,6-/m1/s1. The molecule has 0 aliphatic rings. The van der Waals surface area contributed by atoms with Gasteiger partial charge in [0.15, 0.2) is 0 Å². The third-order valence-electron chi connectivity index (χ3n) is 1.41. The smallest absolute Gasteiger partial charge is 0.404 e. The lowest BCUT2D eigenvalue weighted by Gasteiger charge is -2.17. The van der Waals surface area contributed by atoms with E-state index in [1.165, 1.54) is 0 Å². The number of hydrogen-bond donors (Lipinski definition) is 2. The first-order valence-electron chi connectivity index (χ1n) is 3.31. The Morgan fingerprint density at radius 3 is 2.73 bits per heavy atom. The molecule has 11 heavy (non-hydrogen) atoms. The summed E-state index contributed by atoms with van der Waals surface area (Å²) in [6.45, 7) is 5.03. The molecule has 4 heteroatoms. The van der Waals surface area contributed by atoms with Crippen LogP contribution in [-0.2, 0) is 4.74 Å². The summed E-state index contributed by atoms with van der Waals surface area (Å²) in [5.41, 5.74) is 4.75. The highest BCUT2D eigenvalue weighted by molar-refractivity contribution is 5.64. The van der Waals surface area contributed by atoms with Crippen LogP contribution in [0.25, 0.3) is 0 Å². The van der Waals surface area contributed by atoms with Crippen molar-refractivity contribution in [3.8, 4) is 0 Å². The molecule has 0 bridgehead atoms. The molecule has 0 aromatic heterocycles. The van der Waals surface area contributed by atoms with E-state index in [2.05, 4.69) is 11.3 Å². The van der Waals surface area contributed by atoms with Gasteiger partial charge in [0.1, 0.15) is 6.10 Å². The van der Waals surface area contributed by atoms with Gasteiger partial charge >= 0.3 is 6.09 Å². The SMILES string of the molecule is C=C[C@@H](C)[C@@H](CO)OC(N)=O. The van der Waals surface area contributed by atoms with Gasteiger partial charge in [0.05, 0.1) is 6.61 Å². The maximum Gasteiger partial charge on any atom is 0.404 e. The summed E-state index contributed by atoms with van der Waals surface area (Å²) < 4.78 is 4.57. The molecule has 0 saturated heterocycles. The van der Waals surface area contributed by atoms with Crippen molar-refractivity contribution in [1.29, 1.82) is 0 Å². The molecule has 0 aliphatic heterocycles. The minimum absolute atomic E-state index is 0.0903. The first-order valence-corrected chi connectivity index (χ1v) is 3.31. The number of hydrogen-bond acceptors (Lipinski definition) is 3. The van der Waals surface area contributed by atoms with E-state index in [-0.39, 0.29) is 12.5 Å². The zero-order valence-corrected chi connectivity index (χ0v) is 6.49. The number of amides is 1. The number of nitrogens with two attached hydrogens (primary N) is 1. The monoisotopic (exact) mass is 159 g/mol. The van der Waals surface area contributed by atoms with Gasteiger partial charge in [0.2, 0.25) is 0 Å². The predicted molar refractivity (Wildman–Crippen MR) is 40.9 cm³/mol. The number of carbonyl (C=O) groups excluding carboxylic acids is 1. The highest BCUT2D eigenvalue weighted by atomic mass is 16.6. The summed E-state index contributed by atoms with van der Waals surface area (Å²) in [6.07, 6.45) is 0.131. The summed E-state index contributed by atoms with van der Waals surface area (Å²) in [5, 5.41) is 8.70. The lowest BCUT2D eigenvalue weighted by atomic mass is 10.1. The molecule has 4 nitrogen and oxygen atoms in total. The second kappa shape index (κ2) is 4.73. The summed E-state index contributed by atoms with van der Waals surface area (Å²) in [7, 11) is 0. The van der Waals surface area contributed by atoms with Gasteiger partial charge in [0, 0.05) is 5.92 Å². The summed E-state index contributed by atoms with van der Waals surface area (Å²) >= 11 is 0. The Morgan fingerprint density at radius 1 is 1.91 bits per heavy atom. The molecular formula is C7H13NO3. The van der Waals surface area contributed by atoms with Gasteiger partial charge in [-0.15, -0.1) is 6.58 Å². The number of primary amides is 1. The Balaban J connectivity index is 3.93. The average molecular weight is 159 g/mol. The van der Waals surface area contributed by atoms with E-state index < -0.39 is 12.2 Å². The van der Waals surface area contributed by atoms with Crippen LogP contribution < -0.4 is 5.73 Å². The summed E-state index contributed by atoms with van der Waals surface area (Å²) in [5.74, 6) is -0.0903. The molecule has 0 aromatic carbocycles. The lowest BCUT2D eigenvalue weighted by molar-refractivity contribution is 0.0434. The Hall–Kier alpha value is -1.03. The normalized spacial score (nSPS) is 15.1. The van der Waals surface area contributed by atoms with E-state index in [1.807, 2.05) is 0 Å². The molecule has 3 N–H and O–H groups in total. The topological polar surface area (TPSA) is 72.6 Å². The fraction of sp³-hybridized carbons (Fsp3) is 0.571. The third kappa shape index (κ3) is 3.62. The van der Waals surface area contributed by atoms with Gasteiger partial charge < -0.3 is 15.6 Å². The van der Waals surface area contributed by atoms with Crippen LogP contribution >= 0.6 is 0 Å². The van der Waals surface area contributed by atoms with Crippen molar-refractivity contribution in [2.24, 2.45) is 11.7 Å². The van der Waals surface area contributed by atoms with Crippen molar-refractivity contribution in [3.63, 3.8) is 0 Å². The minimum atomic E-state index is -0.877. The van der Waals surface area contributed by atoms with Crippen molar-refractivity contribution in [3.05, 3.63) is 12.7 Å². The van der Waals surface area contributed by atoms with E-state index in [0.717, 1.165) is 0 Å². The Kier molecular flexibility index (Phi) is 4.29. The molecule has 0 rings (SSSR count). The molecule has 64 valence electrons. The Labute approximate surface area is 65.6 Å². The van der Waals surface area contributed by atoms with Crippen LogP contribution in [0.15, 0.2) is 12.7 Å². The van der Waals surface area contributed by atoms with Gasteiger partial charge in [-0.3, -0.25) is 0 Å². The third-order valence-corrected chi connectivity index (χ3v) is 1.41. The Morgan fingerprint density at radius 2 is 2.45 bits per heavy atom. The molecule has 0 aromatic rings. The van der Waals surface area contributed by atoms with Crippen molar-refractivity contribution in [2.75, 3.05) is 6.61 Å². The van der Waals surface area contributed by atoms with E-state index in [1.54, 1.807) is 13.0 Å². The molecule has 0 radical (unpaired) electrons. The molecule has 1 amide bonds. The van der Waals surface area contributed by atoms with E-state index in [9.17, 15) is 4.79 Å². The zero-order chi connectivity index (χ0) is 8.85. The van der Waals surface area contributed by atoms with Gasteiger partial charge in [-0.2, -0.15) is 0 Å². The highest BCUT2D eigenvalue weighted by Gasteiger charge is 2.16. The fourth-order valence-electron chi connectivity index (χ4n) is 0.612. The van der Waals surface area contributed by atoms with Gasteiger partial charge in [-0.05, 0) is 0 Å². The summed E-state index contributed by atoms with van der Waals surface area (Å²) in [4.78, 5) is 10.2. The fourth-order valence-corrected chi connectivity index (χ4v) is 0.612. The molecule has 2 atom stereocenters. The van der Waals surface area contributed by atoms with Crippen LogP contribution in [0.1, 0.15) is 6.92 Å². The molecule has 0 unspecified atom stereocenters. The second-order valence-electron chi connectivity index (χ2n) is 2.25. The van der Waals surface area contributed by atoms with E-state index >= 15 is 0 Å². The second-order valence-corrected chi connectivity index (χ2v) is 2.25. The van der Waals surface area contributed by atoms with Crippen molar-refractivity contribution >= 4 is 6.09 Å². The van der Waals surface area contributed by atoms with Gasteiger partial charge in [-0.25, -0.2) is 4.79 Å². The van der Waals surface area contributed by atoms with Crippen LogP contribution in [0.2, 0.25) is 0 Å². The number of rotatable bonds is 4. The number of aliphatic hydroxyl groups is 1. The largest absolute Gasteiger partial charge is 0.443 e. The van der Waals surface area contributed by atoms with Crippen LogP contribution in [0.3, 0.4) is 0 Å². The van der Waals surface area contributed by atoms with Crippen LogP contribution in [0.5, 0.6) is 0 Å². The van der Waals surface area contributed by atoms with Crippen LogP contribution in [0.4, 0.5) is 4.79 Å². The first kappa shape index (κ1) is 9.97. The molecule has 0 saturated carbocycles. The van der Waals surface area contributed by atoms with E-state index in [0.29, 0.717) is 0 Å². The molecule has 0 spiro atoms. The average Bonchev–Trinajstić information content (AvgIpc) is 1.98.